The number of rotatable bonds is 5. The van der Waals surface area contributed by atoms with Crippen LogP contribution in [-0.4, -0.2) is 85.0 Å². The quantitative estimate of drug-likeness (QED) is 0.244. The van der Waals surface area contributed by atoms with Crippen molar-refractivity contribution in [2.75, 3.05) is 6.61 Å². The van der Waals surface area contributed by atoms with E-state index < -0.39 is 31.0 Å². The van der Waals surface area contributed by atoms with Gasteiger partial charge in [0.25, 0.3) is 0 Å². The molecule has 7 heteroatoms. The minimum Gasteiger partial charge on any atom is -0.394 e. The van der Waals surface area contributed by atoms with Gasteiger partial charge in [-0.1, -0.05) is 0 Å². The molecule has 6 N–H and O–H groups in total. The Labute approximate surface area is 95.5 Å². The van der Waals surface area contributed by atoms with Crippen LogP contribution in [0.5, 0.6) is 0 Å². The maximum atomic E-state index is 10.0. The minimum absolute atomic E-state index is 0. The van der Waals surface area contributed by atoms with Gasteiger partial charge in [-0.05, 0) is 0 Å². The molecular formula is C6H13NO5Pb. The molecule has 0 aromatic heterocycles. The number of aliphatic hydroxyl groups excluding tert-OH is 4. The standard InChI is InChI=1S/C6H13NO5.Pb/c7-3(1-8)5(11)6(12)4(10)2-9;/h1,3-6,9-12H,2,7H2;/t3-,4+,5+,6+;/m0./s1. The number of hydrogen-bond donors (Lipinski definition) is 5. The van der Waals surface area contributed by atoms with E-state index in [2.05, 4.69) is 0 Å². The Morgan fingerprint density at radius 2 is 1.69 bits per heavy atom. The molecular weight excluding hydrogens is 373 g/mol. The van der Waals surface area contributed by atoms with Crippen LogP contribution in [-0.2, 0) is 4.79 Å². The van der Waals surface area contributed by atoms with E-state index in [4.69, 9.17) is 26.2 Å². The first-order valence-corrected chi connectivity index (χ1v) is 3.40. The molecule has 0 aliphatic heterocycles. The van der Waals surface area contributed by atoms with E-state index in [0.29, 0.717) is 0 Å². The van der Waals surface area contributed by atoms with Crippen molar-refractivity contribution in [1.82, 2.24) is 0 Å². The number of carbonyl (C=O) groups is 1. The first-order valence-electron chi connectivity index (χ1n) is 3.40. The van der Waals surface area contributed by atoms with Crippen molar-refractivity contribution < 1.29 is 25.2 Å². The van der Waals surface area contributed by atoms with Crippen LogP contribution in [0.3, 0.4) is 0 Å². The van der Waals surface area contributed by atoms with Crippen LogP contribution in [0.2, 0.25) is 0 Å². The van der Waals surface area contributed by atoms with Crippen molar-refractivity contribution in [2.45, 2.75) is 24.4 Å². The maximum Gasteiger partial charge on any atom is 0.139 e. The molecule has 0 aliphatic carbocycles. The smallest absolute Gasteiger partial charge is 0.139 e. The summed E-state index contributed by atoms with van der Waals surface area (Å²) in [5, 5.41) is 35.2. The summed E-state index contributed by atoms with van der Waals surface area (Å²) < 4.78 is 0. The molecule has 0 saturated carbocycles. The van der Waals surface area contributed by atoms with E-state index in [1.807, 2.05) is 0 Å². The van der Waals surface area contributed by atoms with Crippen LogP contribution in [0.4, 0.5) is 0 Å². The average Bonchev–Trinajstić information content (AvgIpc) is 2.12. The van der Waals surface area contributed by atoms with Crippen molar-refractivity contribution in [2.24, 2.45) is 5.73 Å². The molecule has 13 heavy (non-hydrogen) atoms. The summed E-state index contributed by atoms with van der Waals surface area (Å²) in [6.07, 6.45) is -4.43. The number of carbonyl (C=O) groups excluding carboxylic acids is 1. The summed E-state index contributed by atoms with van der Waals surface area (Å²) in [7, 11) is 0. The third kappa shape index (κ3) is 4.98. The van der Waals surface area contributed by atoms with Crippen LogP contribution in [0.1, 0.15) is 0 Å². The monoisotopic (exact) mass is 387 g/mol. The van der Waals surface area contributed by atoms with Gasteiger partial charge in [0.05, 0.1) is 12.6 Å². The first kappa shape index (κ1) is 15.8. The van der Waals surface area contributed by atoms with Gasteiger partial charge in [0, 0.05) is 27.3 Å². The van der Waals surface area contributed by atoms with Crippen LogP contribution in [0.15, 0.2) is 0 Å². The molecule has 4 atom stereocenters. The molecule has 0 bridgehead atoms. The number of hydrogen-bond acceptors (Lipinski definition) is 6. The zero-order chi connectivity index (χ0) is 9.72. The molecule has 0 rings (SSSR count). The van der Waals surface area contributed by atoms with Crippen LogP contribution in [0, 0.1) is 0 Å². The molecule has 0 spiro atoms. The molecule has 0 heterocycles. The Kier molecular flexibility index (Phi) is 9.46. The molecule has 0 aromatic carbocycles. The number of aliphatic hydroxyl groups is 4. The summed E-state index contributed by atoms with van der Waals surface area (Å²) in [6, 6.07) is -1.26. The van der Waals surface area contributed by atoms with E-state index >= 15 is 0 Å². The zero-order valence-electron chi connectivity index (χ0n) is 6.87. The number of aldehydes is 1. The second-order valence-corrected chi connectivity index (χ2v) is 2.44. The molecule has 0 aliphatic rings. The van der Waals surface area contributed by atoms with Gasteiger partial charge in [-0.2, -0.15) is 0 Å². The third-order valence-electron chi connectivity index (χ3n) is 1.48. The summed E-state index contributed by atoms with van der Waals surface area (Å²) >= 11 is 0. The van der Waals surface area contributed by atoms with Crippen molar-refractivity contribution in [1.29, 1.82) is 0 Å². The van der Waals surface area contributed by atoms with Crippen LogP contribution in [0.25, 0.3) is 0 Å². The molecule has 0 unspecified atom stereocenters. The molecule has 6 nitrogen and oxygen atoms in total. The normalized spacial score (nSPS) is 19.5. The predicted octanol–water partition coefficient (Wildman–Crippen LogP) is -3.79. The van der Waals surface area contributed by atoms with Crippen LogP contribution < -0.4 is 5.73 Å². The van der Waals surface area contributed by atoms with E-state index in [-0.39, 0.29) is 33.6 Å². The largest absolute Gasteiger partial charge is 0.394 e. The van der Waals surface area contributed by atoms with Gasteiger partial charge in [-0.3, -0.25) is 0 Å². The fourth-order valence-corrected chi connectivity index (χ4v) is 0.644. The summed E-state index contributed by atoms with van der Waals surface area (Å²) in [5.74, 6) is 0. The van der Waals surface area contributed by atoms with Gasteiger partial charge in [-0.25, -0.2) is 0 Å². The average molecular weight is 386 g/mol. The topological polar surface area (TPSA) is 124 Å². The second kappa shape index (κ2) is 7.76. The molecule has 76 valence electrons. The number of nitrogens with two attached hydrogens (primary N) is 1. The van der Waals surface area contributed by atoms with Crippen molar-refractivity contribution in [3.8, 4) is 0 Å². The van der Waals surface area contributed by atoms with Crippen LogP contribution >= 0.6 is 0 Å². The van der Waals surface area contributed by atoms with E-state index in [9.17, 15) is 4.79 Å². The minimum atomic E-state index is -1.62. The van der Waals surface area contributed by atoms with Gasteiger partial charge in [0.2, 0.25) is 0 Å². The summed E-state index contributed by atoms with van der Waals surface area (Å²) in [4.78, 5) is 10.0. The molecule has 0 saturated heterocycles. The Bertz CT molecular complexity index is 147. The Balaban J connectivity index is 0. The van der Waals surface area contributed by atoms with E-state index in [0.717, 1.165) is 0 Å². The Morgan fingerprint density at radius 1 is 1.23 bits per heavy atom. The maximum absolute atomic E-state index is 10.0. The fraction of sp³-hybridized carbons (Fsp3) is 0.833. The third-order valence-corrected chi connectivity index (χ3v) is 1.48. The zero-order valence-corrected chi connectivity index (χ0v) is 10.8. The van der Waals surface area contributed by atoms with E-state index in [1.54, 1.807) is 0 Å². The van der Waals surface area contributed by atoms with Crippen molar-refractivity contribution >= 4 is 33.6 Å². The Hall–Kier alpha value is 0.392. The molecule has 0 fully saturated rings. The molecule has 0 aromatic rings. The van der Waals surface area contributed by atoms with Gasteiger partial charge >= 0.3 is 0 Å². The van der Waals surface area contributed by atoms with Gasteiger partial charge in [-0.15, -0.1) is 0 Å². The van der Waals surface area contributed by atoms with Crippen molar-refractivity contribution in [3.05, 3.63) is 0 Å². The van der Waals surface area contributed by atoms with Gasteiger partial charge < -0.3 is 31.0 Å². The van der Waals surface area contributed by atoms with E-state index in [1.165, 1.54) is 0 Å². The summed E-state index contributed by atoms with van der Waals surface area (Å²) in [6.45, 7) is -0.705. The van der Waals surface area contributed by atoms with Gasteiger partial charge in [0.1, 0.15) is 24.6 Å². The fourth-order valence-electron chi connectivity index (χ4n) is 0.644. The molecule has 4 radical (unpaired) electrons. The predicted molar refractivity (Wildman–Crippen MR) is 44.9 cm³/mol. The Morgan fingerprint density at radius 3 is 2.00 bits per heavy atom. The second-order valence-electron chi connectivity index (χ2n) is 2.44. The van der Waals surface area contributed by atoms with Gasteiger partial charge in [0.15, 0.2) is 0 Å². The first-order chi connectivity index (χ1) is 5.54. The summed E-state index contributed by atoms with van der Waals surface area (Å²) in [5.41, 5.74) is 5.04. The molecule has 0 amide bonds. The SMILES string of the molecule is N[C@@H](C=O)[C@@H](O)[C@H](O)[C@H](O)CO.[Pb]. The van der Waals surface area contributed by atoms with Crippen molar-refractivity contribution in [3.63, 3.8) is 0 Å².